The van der Waals surface area contributed by atoms with Crippen LogP contribution >= 0.6 is 0 Å². The topological polar surface area (TPSA) is 49.3 Å². The van der Waals surface area contributed by atoms with Gasteiger partial charge in [-0.25, -0.2) is 4.21 Å². The lowest BCUT2D eigenvalue weighted by Gasteiger charge is -2.26. The third kappa shape index (κ3) is 2.77. The van der Waals surface area contributed by atoms with Crippen LogP contribution in [-0.4, -0.2) is 27.1 Å². The smallest absolute Gasteiger partial charge is 0.154 e. The van der Waals surface area contributed by atoms with Crippen molar-refractivity contribution in [2.24, 2.45) is 0 Å². The van der Waals surface area contributed by atoms with E-state index in [1.165, 1.54) is 19.3 Å². The van der Waals surface area contributed by atoms with Gasteiger partial charge < -0.3 is 9.87 Å². The van der Waals surface area contributed by atoms with Crippen molar-refractivity contribution in [3.8, 4) is 0 Å². The van der Waals surface area contributed by atoms with E-state index in [-0.39, 0.29) is 0 Å². The molecule has 0 saturated heterocycles. The summed E-state index contributed by atoms with van der Waals surface area (Å²) in [7, 11) is 0. The molecule has 0 spiro atoms. The summed E-state index contributed by atoms with van der Waals surface area (Å²) in [6, 6.07) is 0.628. The highest BCUT2D eigenvalue weighted by Gasteiger charge is 2.15. The van der Waals surface area contributed by atoms with E-state index in [1.807, 2.05) is 0 Å². The van der Waals surface area contributed by atoms with Gasteiger partial charge in [0, 0.05) is 12.6 Å². The molecule has 0 radical (unpaired) electrons. The van der Waals surface area contributed by atoms with Gasteiger partial charge in [-0.05, 0) is 12.8 Å². The molecule has 0 heterocycles. The van der Waals surface area contributed by atoms with Crippen LogP contribution in [0.1, 0.15) is 19.3 Å². The van der Waals surface area contributed by atoms with E-state index in [9.17, 15) is 4.21 Å². The molecule has 60 valence electrons. The first-order valence-electron chi connectivity index (χ1n) is 3.60. The van der Waals surface area contributed by atoms with Crippen molar-refractivity contribution in [1.82, 2.24) is 5.32 Å². The van der Waals surface area contributed by atoms with Crippen LogP contribution in [-0.2, 0) is 11.1 Å². The summed E-state index contributed by atoms with van der Waals surface area (Å²) in [5.74, 6) is 0.358. The van der Waals surface area contributed by atoms with Crippen LogP contribution in [0, 0.1) is 0 Å². The first-order valence-corrected chi connectivity index (χ1v) is 4.87. The maximum absolute atomic E-state index is 10.2. The summed E-state index contributed by atoms with van der Waals surface area (Å²) >= 11 is -1.62. The molecule has 1 fully saturated rings. The lowest BCUT2D eigenvalue weighted by molar-refractivity contribution is 0.346. The van der Waals surface area contributed by atoms with E-state index in [2.05, 4.69) is 5.32 Å². The molecule has 1 aliphatic rings. The van der Waals surface area contributed by atoms with Gasteiger partial charge in [-0.2, -0.15) is 0 Å². The van der Waals surface area contributed by atoms with Gasteiger partial charge in [-0.3, -0.25) is 0 Å². The fraction of sp³-hybridized carbons (Fsp3) is 1.00. The van der Waals surface area contributed by atoms with Crippen molar-refractivity contribution in [3.05, 3.63) is 0 Å². The minimum Gasteiger partial charge on any atom is -0.313 e. The molecule has 1 rings (SSSR count). The molecule has 4 heteroatoms. The maximum atomic E-state index is 10.2. The van der Waals surface area contributed by atoms with Crippen LogP contribution < -0.4 is 5.32 Å². The lowest BCUT2D eigenvalue weighted by atomic mass is 9.93. The zero-order valence-corrected chi connectivity index (χ0v) is 6.69. The van der Waals surface area contributed by atoms with Crippen LogP contribution in [0.3, 0.4) is 0 Å². The largest absolute Gasteiger partial charge is 0.313 e. The summed E-state index contributed by atoms with van der Waals surface area (Å²) in [5.41, 5.74) is 0. The minimum absolute atomic E-state index is 0.358. The van der Waals surface area contributed by atoms with Gasteiger partial charge in [0.05, 0.1) is 5.75 Å². The van der Waals surface area contributed by atoms with Gasteiger partial charge in [0.15, 0.2) is 11.1 Å². The van der Waals surface area contributed by atoms with Gasteiger partial charge >= 0.3 is 0 Å². The van der Waals surface area contributed by atoms with E-state index in [4.69, 9.17) is 4.55 Å². The number of rotatable bonds is 4. The molecule has 0 aromatic heterocycles. The first-order chi connectivity index (χ1) is 4.79. The molecule has 0 bridgehead atoms. The Balaban J connectivity index is 1.89. The Morgan fingerprint density at radius 3 is 2.70 bits per heavy atom. The SMILES string of the molecule is O=S(O)CCNC1CCC1. The van der Waals surface area contributed by atoms with E-state index in [0.717, 1.165) is 0 Å². The van der Waals surface area contributed by atoms with Gasteiger partial charge in [0.2, 0.25) is 0 Å². The van der Waals surface area contributed by atoms with E-state index in [1.54, 1.807) is 0 Å². The van der Waals surface area contributed by atoms with Crippen molar-refractivity contribution >= 4 is 11.1 Å². The van der Waals surface area contributed by atoms with Crippen molar-refractivity contribution < 1.29 is 8.76 Å². The Kier molecular flexibility index (Phi) is 3.31. The maximum Gasteiger partial charge on any atom is 0.154 e. The van der Waals surface area contributed by atoms with Gasteiger partial charge in [-0.1, -0.05) is 6.42 Å². The average molecular weight is 163 g/mol. The Bertz CT molecular complexity index is 125. The Hall–Kier alpha value is 0.0700. The van der Waals surface area contributed by atoms with Crippen molar-refractivity contribution in [2.75, 3.05) is 12.3 Å². The predicted octanol–water partition coefficient (Wildman–Crippen LogP) is 0.350. The minimum atomic E-state index is -1.62. The molecule has 2 N–H and O–H groups in total. The van der Waals surface area contributed by atoms with Crippen molar-refractivity contribution in [3.63, 3.8) is 0 Å². The molecule has 1 saturated carbocycles. The molecular weight excluding hydrogens is 150 g/mol. The van der Waals surface area contributed by atoms with Crippen LogP contribution in [0.2, 0.25) is 0 Å². The fourth-order valence-corrected chi connectivity index (χ4v) is 1.26. The molecule has 0 aromatic carbocycles. The normalized spacial score (nSPS) is 22.1. The standard InChI is InChI=1S/C6H13NO2S/c8-10(9)5-4-7-6-2-1-3-6/h6-7H,1-5H2,(H,8,9). The number of hydrogen-bond acceptors (Lipinski definition) is 2. The highest BCUT2D eigenvalue weighted by atomic mass is 32.2. The monoisotopic (exact) mass is 163 g/mol. The van der Waals surface area contributed by atoms with Gasteiger partial charge in [0.25, 0.3) is 0 Å². The summed E-state index contributed by atoms with van der Waals surface area (Å²) in [4.78, 5) is 0. The predicted molar refractivity (Wildman–Crippen MR) is 41.3 cm³/mol. The molecule has 1 unspecified atom stereocenters. The molecular formula is C6H13NO2S. The Morgan fingerprint density at radius 2 is 2.30 bits per heavy atom. The number of hydrogen-bond donors (Lipinski definition) is 2. The summed E-state index contributed by atoms with van der Waals surface area (Å²) in [5, 5.41) is 3.20. The number of nitrogens with one attached hydrogen (secondary N) is 1. The van der Waals surface area contributed by atoms with E-state index in [0.29, 0.717) is 18.3 Å². The highest BCUT2D eigenvalue weighted by molar-refractivity contribution is 7.79. The molecule has 0 aromatic rings. The Labute approximate surface area is 63.5 Å². The van der Waals surface area contributed by atoms with Crippen LogP contribution in [0.5, 0.6) is 0 Å². The Morgan fingerprint density at radius 1 is 1.60 bits per heavy atom. The molecule has 10 heavy (non-hydrogen) atoms. The second-order valence-corrected chi connectivity index (χ2v) is 3.66. The molecule has 3 nitrogen and oxygen atoms in total. The lowest BCUT2D eigenvalue weighted by Crippen LogP contribution is -2.37. The van der Waals surface area contributed by atoms with Crippen LogP contribution in [0.15, 0.2) is 0 Å². The fourth-order valence-electron chi connectivity index (χ4n) is 0.963. The molecule has 1 atom stereocenters. The first kappa shape index (κ1) is 8.17. The quantitative estimate of drug-likeness (QED) is 0.588. The van der Waals surface area contributed by atoms with Crippen LogP contribution in [0.4, 0.5) is 0 Å². The summed E-state index contributed by atoms with van der Waals surface area (Å²) < 4.78 is 18.5. The summed E-state index contributed by atoms with van der Waals surface area (Å²) in [6.45, 7) is 0.674. The summed E-state index contributed by atoms with van der Waals surface area (Å²) in [6.07, 6.45) is 3.77. The van der Waals surface area contributed by atoms with Crippen molar-refractivity contribution in [2.45, 2.75) is 25.3 Å². The van der Waals surface area contributed by atoms with Crippen LogP contribution in [0.25, 0.3) is 0 Å². The van der Waals surface area contributed by atoms with Crippen molar-refractivity contribution in [1.29, 1.82) is 0 Å². The second kappa shape index (κ2) is 4.05. The zero-order chi connectivity index (χ0) is 7.40. The van der Waals surface area contributed by atoms with Gasteiger partial charge in [-0.15, -0.1) is 0 Å². The third-order valence-electron chi connectivity index (χ3n) is 1.81. The molecule has 0 amide bonds. The van der Waals surface area contributed by atoms with E-state index < -0.39 is 11.1 Å². The second-order valence-electron chi connectivity index (χ2n) is 2.61. The average Bonchev–Trinajstić information content (AvgIpc) is 1.75. The third-order valence-corrected chi connectivity index (χ3v) is 2.37. The molecule has 0 aliphatic heterocycles. The van der Waals surface area contributed by atoms with E-state index >= 15 is 0 Å². The molecule has 1 aliphatic carbocycles. The highest BCUT2D eigenvalue weighted by Crippen LogP contribution is 2.17. The zero-order valence-electron chi connectivity index (χ0n) is 5.88. The van der Waals surface area contributed by atoms with Gasteiger partial charge in [0.1, 0.15) is 0 Å².